The zero-order chi connectivity index (χ0) is 23.8. The number of thioether (sulfide) groups is 1. The first-order valence-corrected chi connectivity index (χ1v) is 11.5. The van der Waals surface area contributed by atoms with Crippen LogP contribution in [0.5, 0.6) is 17.4 Å². The summed E-state index contributed by atoms with van der Waals surface area (Å²) in [5.74, 6) is 1.10. The van der Waals surface area contributed by atoms with Gasteiger partial charge in [-0.15, -0.1) is 10.2 Å². The molecule has 0 saturated heterocycles. The Bertz CT molecular complexity index is 1300. The maximum absolute atomic E-state index is 12.9. The second kappa shape index (κ2) is 8.78. The molecule has 0 bridgehead atoms. The third-order valence-corrected chi connectivity index (χ3v) is 6.31. The zero-order valence-electron chi connectivity index (χ0n) is 18.3. The van der Waals surface area contributed by atoms with Gasteiger partial charge in [-0.25, -0.2) is 0 Å². The van der Waals surface area contributed by atoms with E-state index in [1.54, 1.807) is 24.3 Å². The van der Waals surface area contributed by atoms with Crippen molar-refractivity contribution in [2.24, 2.45) is 0 Å². The maximum atomic E-state index is 12.9. The molecule has 12 heteroatoms. The summed E-state index contributed by atoms with van der Waals surface area (Å²) in [5.41, 5.74) is 1.23. The van der Waals surface area contributed by atoms with E-state index in [9.17, 15) is 14.9 Å². The summed E-state index contributed by atoms with van der Waals surface area (Å²) < 4.78 is 17.0. The van der Waals surface area contributed by atoms with Crippen LogP contribution < -0.4 is 19.1 Å². The Kier molecular flexibility index (Phi) is 5.65. The van der Waals surface area contributed by atoms with Gasteiger partial charge in [0.05, 0.1) is 22.2 Å². The van der Waals surface area contributed by atoms with Gasteiger partial charge in [-0.2, -0.15) is 4.98 Å². The van der Waals surface area contributed by atoms with Gasteiger partial charge in [0.1, 0.15) is 0 Å². The first-order chi connectivity index (χ1) is 16.5. The second-order valence-electron chi connectivity index (χ2n) is 7.49. The minimum absolute atomic E-state index is 0.0568. The first-order valence-electron chi connectivity index (χ1n) is 10.5. The predicted molar refractivity (Wildman–Crippen MR) is 122 cm³/mol. The van der Waals surface area contributed by atoms with Crippen LogP contribution in [0.3, 0.4) is 0 Å². The van der Waals surface area contributed by atoms with Crippen LogP contribution in [0.1, 0.15) is 32.1 Å². The lowest BCUT2D eigenvalue weighted by molar-refractivity contribution is -0.386. The third-order valence-electron chi connectivity index (χ3n) is 5.27. The largest absolute Gasteiger partial charge is 0.454 e. The quantitative estimate of drug-likeness (QED) is 0.298. The Hall–Kier alpha value is -3.93. The predicted octanol–water partition coefficient (Wildman–Crippen LogP) is 4.12. The van der Waals surface area contributed by atoms with Crippen LogP contribution in [0, 0.1) is 10.1 Å². The van der Waals surface area contributed by atoms with E-state index in [2.05, 4.69) is 15.2 Å². The van der Waals surface area contributed by atoms with Crippen LogP contribution in [-0.2, 0) is 4.79 Å². The molecule has 3 aromatic rings. The molecule has 5 rings (SSSR count). The number of rotatable bonds is 5. The van der Waals surface area contributed by atoms with Crippen LogP contribution in [-0.4, -0.2) is 38.6 Å². The van der Waals surface area contributed by atoms with Crippen molar-refractivity contribution < 1.29 is 23.9 Å². The molecule has 3 heterocycles. The molecule has 1 aromatic heterocycles. The van der Waals surface area contributed by atoms with Crippen molar-refractivity contribution in [1.29, 1.82) is 0 Å². The standard InChI is InChI=1S/C22H19N5O6S/c1-3-8-34-22-23-20-19(24-25-22)13-6-4-5-7-15(13)26(12(2)28)21(33-20)14-9-17-18(32-11-31-17)10-16(14)27(29)30/h4-7,9-10,21H,3,8,11H2,1-2H3/t21-/m0/s1. The number of hydrogen-bond acceptors (Lipinski definition) is 10. The van der Waals surface area contributed by atoms with Crippen molar-refractivity contribution in [3.63, 3.8) is 0 Å². The van der Waals surface area contributed by atoms with Crippen molar-refractivity contribution in [1.82, 2.24) is 15.2 Å². The topological polar surface area (TPSA) is 130 Å². The minimum atomic E-state index is -1.21. The molecule has 0 fully saturated rings. The summed E-state index contributed by atoms with van der Waals surface area (Å²) in [4.78, 5) is 30.3. The molecule has 1 amide bonds. The highest BCUT2D eigenvalue weighted by atomic mass is 32.2. The van der Waals surface area contributed by atoms with E-state index < -0.39 is 11.2 Å². The van der Waals surface area contributed by atoms with Gasteiger partial charge in [-0.3, -0.25) is 19.8 Å². The van der Waals surface area contributed by atoms with Gasteiger partial charge in [0.15, 0.2) is 17.2 Å². The van der Waals surface area contributed by atoms with Gasteiger partial charge in [-0.1, -0.05) is 36.9 Å². The molecule has 0 N–H and O–H groups in total. The molecule has 11 nitrogen and oxygen atoms in total. The summed E-state index contributed by atoms with van der Waals surface area (Å²) >= 11 is 1.42. The summed E-state index contributed by atoms with van der Waals surface area (Å²) in [6.07, 6.45) is -0.297. The molecule has 0 saturated carbocycles. The number of nitrogens with zero attached hydrogens (tertiary/aromatic N) is 5. The Balaban J connectivity index is 1.74. The van der Waals surface area contributed by atoms with Gasteiger partial charge < -0.3 is 14.2 Å². The number of carbonyl (C=O) groups is 1. The fourth-order valence-corrected chi connectivity index (χ4v) is 4.45. The fourth-order valence-electron chi connectivity index (χ4n) is 3.81. The summed E-state index contributed by atoms with van der Waals surface area (Å²) in [7, 11) is 0. The Morgan fingerprint density at radius 3 is 2.74 bits per heavy atom. The van der Waals surface area contributed by atoms with Gasteiger partial charge in [0, 0.05) is 18.2 Å². The molecule has 2 aliphatic rings. The van der Waals surface area contributed by atoms with E-state index in [1.807, 2.05) is 6.92 Å². The number of amides is 1. The Morgan fingerprint density at radius 1 is 1.24 bits per heavy atom. The molecule has 2 aromatic carbocycles. The number of fused-ring (bicyclic) bond motifs is 4. The van der Waals surface area contributed by atoms with E-state index >= 15 is 0 Å². The fraction of sp³-hybridized carbons (Fsp3) is 0.273. The van der Waals surface area contributed by atoms with Crippen LogP contribution in [0.4, 0.5) is 11.4 Å². The number of anilines is 1. The van der Waals surface area contributed by atoms with Crippen molar-refractivity contribution in [3.8, 4) is 28.6 Å². The SMILES string of the molecule is CCCSc1nnc2c(n1)O[C@@H](c1cc3c(cc1[N+](=O)[O-])OCO3)N(C(C)=O)c1ccccc1-2. The van der Waals surface area contributed by atoms with Gasteiger partial charge >= 0.3 is 0 Å². The van der Waals surface area contributed by atoms with E-state index in [4.69, 9.17) is 14.2 Å². The first kappa shape index (κ1) is 21.9. The highest BCUT2D eigenvalue weighted by Gasteiger charge is 2.39. The minimum Gasteiger partial charge on any atom is -0.454 e. The van der Waals surface area contributed by atoms with Crippen molar-refractivity contribution in [3.05, 3.63) is 52.1 Å². The number of para-hydroxylation sites is 1. The number of hydrogen-bond donors (Lipinski definition) is 0. The monoisotopic (exact) mass is 481 g/mol. The lowest BCUT2D eigenvalue weighted by Crippen LogP contribution is -2.36. The average Bonchev–Trinajstić information content (AvgIpc) is 3.23. The molecule has 34 heavy (non-hydrogen) atoms. The van der Waals surface area contributed by atoms with E-state index in [0.29, 0.717) is 27.9 Å². The van der Waals surface area contributed by atoms with Crippen LogP contribution in [0.25, 0.3) is 11.3 Å². The summed E-state index contributed by atoms with van der Waals surface area (Å²) in [6.45, 7) is 3.35. The van der Waals surface area contributed by atoms with Crippen LogP contribution in [0.2, 0.25) is 0 Å². The van der Waals surface area contributed by atoms with Gasteiger partial charge in [0.2, 0.25) is 30.0 Å². The average molecular weight is 481 g/mol. The van der Waals surface area contributed by atoms with Gasteiger partial charge in [0.25, 0.3) is 5.69 Å². The molecule has 0 aliphatic carbocycles. The number of benzene rings is 2. The van der Waals surface area contributed by atoms with Crippen molar-refractivity contribution >= 4 is 29.0 Å². The summed E-state index contributed by atoms with van der Waals surface area (Å²) in [6, 6.07) is 9.80. The van der Waals surface area contributed by atoms with E-state index in [1.165, 1.54) is 35.7 Å². The number of carbonyl (C=O) groups excluding carboxylic acids is 1. The Labute approximate surface area is 198 Å². The normalized spacial score (nSPS) is 15.7. The second-order valence-corrected chi connectivity index (χ2v) is 8.56. The lowest BCUT2D eigenvalue weighted by atomic mass is 10.1. The number of nitro groups is 1. The maximum Gasteiger partial charge on any atom is 0.282 e. The molecule has 2 aliphatic heterocycles. The van der Waals surface area contributed by atoms with Crippen molar-refractivity contribution in [2.45, 2.75) is 31.7 Å². The number of ether oxygens (including phenoxy) is 3. The van der Waals surface area contributed by atoms with E-state index in [0.717, 1.165) is 12.2 Å². The highest BCUT2D eigenvalue weighted by molar-refractivity contribution is 7.99. The summed E-state index contributed by atoms with van der Waals surface area (Å²) in [5, 5.41) is 20.9. The molecular weight excluding hydrogens is 462 g/mol. The lowest BCUT2D eigenvalue weighted by Gasteiger charge is -2.29. The van der Waals surface area contributed by atoms with Crippen LogP contribution in [0.15, 0.2) is 41.6 Å². The Morgan fingerprint density at radius 2 is 2.00 bits per heavy atom. The number of nitro benzene ring substituents is 1. The molecule has 0 unspecified atom stereocenters. The third kappa shape index (κ3) is 3.75. The smallest absolute Gasteiger partial charge is 0.282 e. The number of aromatic nitrogens is 3. The zero-order valence-corrected chi connectivity index (χ0v) is 19.1. The highest BCUT2D eigenvalue weighted by Crippen LogP contribution is 2.47. The molecule has 1 atom stereocenters. The molecule has 0 spiro atoms. The van der Waals surface area contributed by atoms with Crippen LogP contribution >= 0.6 is 11.8 Å². The van der Waals surface area contributed by atoms with Gasteiger partial charge in [-0.05, 0) is 18.6 Å². The van der Waals surface area contributed by atoms with E-state index in [-0.39, 0.29) is 35.6 Å². The molecule has 0 radical (unpaired) electrons. The van der Waals surface area contributed by atoms with Crippen molar-refractivity contribution in [2.75, 3.05) is 17.4 Å². The molecular formula is C22H19N5O6S. The molecule has 174 valence electrons.